The maximum Gasteiger partial charge on any atom is 0.338 e. The number of hydrogen-bond donors (Lipinski definition) is 1. The van der Waals surface area contributed by atoms with Crippen molar-refractivity contribution in [2.45, 2.75) is 6.92 Å². The number of esters is 1. The summed E-state index contributed by atoms with van der Waals surface area (Å²) in [5, 5.41) is 3.24. The van der Waals surface area contributed by atoms with E-state index in [4.69, 9.17) is 20.8 Å². The van der Waals surface area contributed by atoms with Crippen molar-refractivity contribution < 1.29 is 23.5 Å². The minimum absolute atomic E-state index is 0.223. The van der Waals surface area contributed by atoms with Gasteiger partial charge in [0.15, 0.2) is 18.7 Å². The van der Waals surface area contributed by atoms with Crippen molar-refractivity contribution in [3.63, 3.8) is 0 Å². The average molecular weight is 398 g/mol. The van der Waals surface area contributed by atoms with E-state index in [0.29, 0.717) is 33.9 Å². The molecule has 0 radical (unpaired) electrons. The number of benzene rings is 2. The zero-order valence-electron chi connectivity index (χ0n) is 14.9. The highest BCUT2D eigenvalue weighted by atomic mass is 35.5. The SMILES string of the molecule is Cc1cc(Cl)ccc1NC(=O)COC(=O)c1ccc(-c2ccc(C=O)o2)cc1. The van der Waals surface area contributed by atoms with Crippen LogP contribution in [0.5, 0.6) is 0 Å². The highest BCUT2D eigenvalue weighted by molar-refractivity contribution is 6.30. The Morgan fingerprint density at radius 2 is 1.86 bits per heavy atom. The average Bonchev–Trinajstić information content (AvgIpc) is 3.18. The molecule has 3 rings (SSSR count). The molecule has 142 valence electrons. The Morgan fingerprint density at radius 3 is 2.50 bits per heavy atom. The summed E-state index contributed by atoms with van der Waals surface area (Å²) in [7, 11) is 0. The molecular formula is C21H16ClNO5. The molecule has 6 nitrogen and oxygen atoms in total. The number of halogens is 1. The topological polar surface area (TPSA) is 85.6 Å². The maximum atomic E-state index is 12.1. The van der Waals surface area contributed by atoms with Crippen LogP contribution in [0.3, 0.4) is 0 Å². The summed E-state index contributed by atoms with van der Waals surface area (Å²) in [6.07, 6.45) is 0.617. The first kappa shape index (κ1) is 19.4. The molecule has 3 aromatic rings. The highest BCUT2D eigenvalue weighted by Gasteiger charge is 2.12. The number of hydrogen-bond acceptors (Lipinski definition) is 5. The normalized spacial score (nSPS) is 10.4. The van der Waals surface area contributed by atoms with Gasteiger partial charge < -0.3 is 14.5 Å². The van der Waals surface area contributed by atoms with Crippen LogP contribution in [0.4, 0.5) is 5.69 Å². The molecule has 0 unspecified atom stereocenters. The van der Waals surface area contributed by atoms with Crippen LogP contribution in [0, 0.1) is 6.92 Å². The number of rotatable bonds is 6. The Labute approximate surface area is 166 Å². The van der Waals surface area contributed by atoms with Crippen LogP contribution in [-0.2, 0) is 9.53 Å². The van der Waals surface area contributed by atoms with Gasteiger partial charge in [0, 0.05) is 16.3 Å². The molecule has 0 aliphatic carbocycles. The molecule has 1 amide bonds. The van der Waals surface area contributed by atoms with Gasteiger partial charge >= 0.3 is 5.97 Å². The lowest BCUT2D eigenvalue weighted by Crippen LogP contribution is -2.21. The van der Waals surface area contributed by atoms with Crippen molar-refractivity contribution in [3.8, 4) is 11.3 Å². The second-order valence-electron chi connectivity index (χ2n) is 5.98. The fourth-order valence-electron chi connectivity index (χ4n) is 2.51. The minimum atomic E-state index is -0.623. The summed E-state index contributed by atoms with van der Waals surface area (Å²) in [5.41, 5.74) is 2.41. The molecule has 28 heavy (non-hydrogen) atoms. The number of aryl methyl sites for hydroxylation is 1. The molecule has 0 fully saturated rings. The van der Waals surface area contributed by atoms with Crippen LogP contribution in [0.25, 0.3) is 11.3 Å². The number of amides is 1. The van der Waals surface area contributed by atoms with Gasteiger partial charge in [-0.3, -0.25) is 9.59 Å². The maximum absolute atomic E-state index is 12.1. The Balaban J connectivity index is 1.57. The largest absolute Gasteiger partial charge is 0.453 e. The van der Waals surface area contributed by atoms with E-state index in [1.807, 2.05) is 6.92 Å². The van der Waals surface area contributed by atoms with Gasteiger partial charge in [0.25, 0.3) is 5.91 Å². The van der Waals surface area contributed by atoms with Crippen LogP contribution in [0.2, 0.25) is 5.02 Å². The van der Waals surface area contributed by atoms with Crippen molar-refractivity contribution in [3.05, 3.63) is 76.5 Å². The van der Waals surface area contributed by atoms with Crippen molar-refractivity contribution >= 4 is 35.5 Å². The number of anilines is 1. The standard InChI is InChI=1S/C21H16ClNO5/c1-13-10-16(22)6-8-18(13)23-20(25)12-27-21(26)15-4-2-14(3-5-15)19-9-7-17(11-24)28-19/h2-11H,12H2,1H3,(H,23,25). The summed E-state index contributed by atoms with van der Waals surface area (Å²) < 4.78 is 10.4. The van der Waals surface area contributed by atoms with Crippen molar-refractivity contribution in [2.75, 3.05) is 11.9 Å². The van der Waals surface area contributed by atoms with Crippen molar-refractivity contribution in [1.29, 1.82) is 0 Å². The van der Waals surface area contributed by atoms with Crippen LogP contribution >= 0.6 is 11.6 Å². The van der Waals surface area contributed by atoms with Crippen LogP contribution < -0.4 is 5.32 Å². The van der Waals surface area contributed by atoms with E-state index < -0.39 is 18.5 Å². The van der Waals surface area contributed by atoms with E-state index in [2.05, 4.69) is 5.32 Å². The van der Waals surface area contributed by atoms with E-state index in [1.165, 1.54) is 0 Å². The minimum Gasteiger partial charge on any atom is -0.453 e. The van der Waals surface area contributed by atoms with Gasteiger partial charge in [0.1, 0.15) is 5.76 Å². The lowest BCUT2D eigenvalue weighted by molar-refractivity contribution is -0.119. The van der Waals surface area contributed by atoms with Crippen LogP contribution in [-0.4, -0.2) is 24.8 Å². The summed E-state index contributed by atoms with van der Waals surface area (Å²) >= 11 is 5.88. The van der Waals surface area contributed by atoms with E-state index >= 15 is 0 Å². The predicted molar refractivity (Wildman–Crippen MR) is 105 cm³/mol. The van der Waals surface area contributed by atoms with E-state index in [1.54, 1.807) is 54.6 Å². The Morgan fingerprint density at radius 1 is 1.11 bits per heavy atom. The Kier molecular flexibility index (Phi) is 5.91. The van der Waals surface area contributed by atoms with E-state index in [-0.39, 0.29) is 5.76 Å². The van der Waals surface area contributed by atoms with Gasteiger partial charge in [0.05, 0.1) is 5.56 Å². The summed E-state index contributed by atoms with van der Waals surface area (Å²) in [5.74, 6) is -0.338. The number of carbonyl (C=O) groups is 3. The fourth-order valence-corrected chi connectivity index (χ4v) is 2.74. The fraction of sp³-hybridized carbons (Fsp3) is 0.0952. The highest BCUT2D eigenvalue weighted by Crippen LogP contribution is 2.22. The van der Waals surface area contributed by atoms with E-state index in [9.17, 15) is 14.4 Å². The number of aldehydes is 1. The molecule has 0 spiro atoms. The molecule has 0 saturated carbocycles. The molecule has 1 N–H and O–H groups in total. The van der Waals surface area contributed by atoms with Gasteiger partial charge in [-0.15, -0.1) is 0 Å². The number of ether oxygens (including phenoxy) is 1. The molecular weight excluding hydrogens is 382 g/mol. The van der Waals surface area contributed by atoms with Crippen molar-refractivity contribution in [2.24, 2.45) is 0 Å². The van der Waals surface area contributed by atoms with Crippen molar-refractivity contribution in [1.82, 2.24) is 0 Å². The first-order valence-corrected chi connectivity index (χ1v) is 8.72. The molecule has 1 aromatic heterocycles. The van der Waals surface area contributed by atoms with Gasteiger partial charge in [-0.25, -0.2) is 4.79 Å². The Bertz CT molecular complexity index is 1020. The summed E-state index contributed by atoms with van der Waals surface area (Å²) in [4.78, 5) is 34.8. The second-order valence-corrected chi connectivity index (χ2v) is 6.42. The van der Waals surface area contributed by atoms with Gasteiger partial charge in [0.2, 0.25) is 0 Å². The number of nitrogens with one attached hydrogen (secondary N) is 1. The molecule has 7 heteroatoms. The molecule has 0 bridgehead atoms. The van der Waals surface area contributed by atoms with Crippen LogP contribution in [0.15, 0.2) is 59.0 Å². The summed E-state index contributed by atoms with van der Waals surface area (Å²) in [6, 6.07) is 14.7. The first-order chi connectivity index (χ1) is 13.5. The monoisotopic (exact) mass is 397 g/mol. The number of carbonyl (C=O) groups excluding carboxylic acids is 3. The third kappa shape index (κ3) is 4.66. The number of furan rings is 1. The second kappa shape index (κ2) is 8.54. The first-order valence-electron chi connectivity index (χ1n) is 8.35. The van der Waals surface area contributed by atoms with Gasteiger partial charge in [-0.05, 0) is 55.0 Å². The predicted octanol–water partition coefficient (Wildman–Crippen LogP) is 4.52. The third-order valence-corrected chi connectivity index (χ3v) is 4.18. The molecule has 0 atom stereocenters. The quantitative estimate of drug-likeness (QED) is 0.488. The zero-order valence-corrected chi connectivity index (χ0v) is 15.7. The molecule has 0 aliphatic rings. The zero-order chi connectivity index (χ0) is 20.1. The van der Waals surface area contributed by atoms with Gasteiger partial charge in [-0.1, -0.05) is 23.7 Å². The molecule has 0 aliphatic heterocycles. The lowest BCUT2D eigenvalue weighted by Gasteiger charge is -2.09. The summed E-state index contributed by atoms with van der Waals surface area (Å²) in [6.45, 7) is 1.40. The molecule has 0 saturated heterocycles. The molecule has 2 aromatic carbocycles. The molecule has 1 heterocycles. The Hall–Kier alpha value is -3.38. The third-order valence-electron chi connectivity index (χ3n) is 3.94. The lowest BCUT2D eigenvalue weighted by atomic mass is 10.1. The van der Waals surface area contributed by atoms with Gasteiger partial charge in [-0.2, -0.15) is 0 Å². The van der Waals surface area contributed by atoms with E-state index in [0.717, 1.165) is 5.56 Å². The smallest absolute Gasteiger partial charge is 0.338 e. The van der Waals surface area contributed by atoms with Crippen LogP contribution in [0.1, 0.15) is 26.5 Å².